The highest BCUT2D eigenvalue weighted by Crippen LogP contribution is 2.26. The zero-order valence-electron chi connectivity index (χ0n) is 5.78. The van der Waals surface area contributed by atoms with Crippen molar-refractivity contribution in [1.29, 1.82) is 0 Å². The first kappa shape index (κ1) is 10.1. The first-order chi connectivity index (χ1) is 4.48. The molecule has 1 atom stereocenters. The van der Waals surface area contributed by atoms with Gasteiger partial charge in [0, 0.05) is 0 Å². The molecule has 0 bridgehead atoms. The quantitative estimate of drug-likeness (QED) is 0.646. The van der Waals surface area contributed by atoms with E-state index in [0.29, 0.717) is 6.42 Å². The lowest BCUT2D eigenvalue weighted by molar-refractivity contribution is -0.0451. The SMILES string of the molecule is CCCC[C@H](O)C(F)(F)Cl. The largest absolute Gasteiger partial charge is 0.385 e. The standard InChI is InChI=1S/C6H11ClF2O/c1-2-3-4-5(10)6(7,8)9/h5,10H,2-4H2,1H3/t5-/m0/s1. The minimum Gasteiger partial charge on any atom is -0.385 e. The molecular weight excluding hydrogens is 162 g/mol. The Hall–Kier alpha value is 0.110. The number of hydrogen-bond acceptors (Lipinski definition) is 1. The van der Waals surface area contributed by atoms with Crippen LogP contribution in [0.1, 0.15) is 26.2 Å². The molecule has 0 radical (unpaired) electrons. The molecule has 0 aliphatic rings. The van der Waals surface area contributed by atoms with E-state index in [4.69, 9.17) is 5.11 Å². The molecule has 0 aromatic heterocycles. The first-order valence-electron chi connectivity index (χ1n) is 3.23. The summed E-state index contributed by atoms with van der Waals surface area (Å²) in [4.78, 5) is 0. The second-order valence-electron chi connectivity index (χ2n) is 2.20. The van der Waals surface area contributed by atoms with Crippen LogP contribution in [0.3, 0.4) is 0 Å². The summed E-state index contributed by atoms with van der Waals surface area (Å²) in [5, 5.41) is 5.17. The molecule has 62 valence electrons. The maximum atomic E-state index is 12.0. The van der Waals surface area contributed by atoms with Gasteiger partial charge in [-0.2, -0.15) is 8.78 Å². The van der Waals surface area contributed by atoms with Crippen molar-refractivity contribution in [3.8, 4) is 0 Å². The summed E-state index contributed by atoms with van der Waals surface area (Å²) in [6.45, 7) is 1.86. The lowest BCUT2D eigenvalue weighted by atomic mass is 10.2. The average molecular weight is 173 g/mol. The fourth-order valence-electron chi connectivity index (χ4n) is 0.561. The summed E-state index contributed by atoms with van der Waals surface area (Å²) >= 11 is 4.54. The lowest BCUT2D eigenvalue weighted by Gasteiger charge is -2.14. The molecule has 0 rings (SSSR count). The van der Waals surface area contributed by atoms with Crippen molar-refractivity contribution in [3.05, 3.63) is 0 Å². The van der Waals surface area contributed by atoms with Crippen LogP contribution in [0, 0.1) is 0 Å². The Kier molecular flexibility index (Phi) is 4.13. The van der Waals surface area contributed by atoms with Gasteiger partial charge in [-0.3, -0.25) is 0 Å². The summed E-state index contributed by atoms with van der Waals surface area (Å²) in [6, 6.07) is 0. The minimum atomic E-state index is -3.46. The Balaban J connectivity index is 3.52. The van der Waals surface area contributed by atoms with Crippen LogP contribution in [-0.4, -0.2) is 16.6 Å². The zero-order chi connectivity index (χ0) is 8.20. The Labute approximate surface area is 64.0 Å². The van der Waals surface area contributed by atoms with Crippen LogP contribution in [0.2, 0.25) is 0 Å². The molecule has 0 aromatic rings. The van der Waals surface area contributed by atoms with Gasteiger partial charge in [-0.1, -0.05) is 19.8 Å². The van der Waals surface area contributed by atoms with E-state index in [1.165, 1.54) is 0 Å². The van der Waals surface area contributed by atoms with E-state index in [-0.39, 0.29) is 6.42 Å². The third-order valence-corrected chi connectivity index (χ3v) is 1.46. The molecule has 0 fully saturated rings. The molecular formula is C6H11ClF2O. The molecule has 1 nitrogen and oxygen atoms in total. The monoisotopic (exact) mass is 172 g/mol. The topological polar surface area (TPSA) is 20.2 Å². The Morgan fingerprint density at radius 2 is 2.10 bits per heavy atom. The van der Waals surface area contributed by atoms with Gasteiger partial charge in [-0.25, -0.2) is 0 Å². The molecule has 0 aliphatic carbocycles. The van der Waals surface area contributed by atoms with E-state index in [1.54, 1.807) is 0 Å². The van der Waals surface area contributed by atoms with Crippen LogP contribution < -0.4 is 0 Å². The van der Waals surface area contributed by atoms with Gasteiger partial charge in [0.15, 0.2) is 0 Å². The zero-order valence-corrected chi connectivity index (χ0v) is 6.54. The number of rotatable bonds is 4. The third kappa shape index (κ3) is 4.01. The van der Waals surface area contributed by atoms with Gasteiger partial charge in [0.25, 0.3) is 0 Å². The lowest BCUT2D eigenvalue weighted by Crippen LogP contribution is -2.26. The second kappa shape index (κ2) is 4.09. The number of aliphatic hydroxyl groups excluding tert-OH is 1. The third-order valence-electron chi connectivity index (χ3n) is 1.21. The summed E-state index contributed by atoms with van der Waals surface area (Å²) in [5.74, 6) is 0. The van der Waals surface area contributed by atoms with E-state index >= 15 is 0 Å². The molecule has 0 saturated heterocycles. The van der Waals surface area contributed by atoms with Crippen molar-refractivity contribution in [2.45, 2.75) is 37.7 Å². The molecule has 0 heterocycles. The predicted octanol–water partition coefficient (Wildman–Crippen LogP) is 2.37. The molecule has 1 N–H and O–H groups in total. The Morgan fingerprint density at radius 3 is 2.40 bits per heavy atom. The summed E-state index contributed by atoms with van der Waals surface area (Å²) in [6.07, 6.45) is -0.283. The molecule has 0 saturated carbocycles. The van der Waals surface area contributed by atoms with Crippen LogP contribution in [0.15, 0.2) is 0 Å². The Bertz CT molecular complexity index is 92.2. The van der Waals surface area contributed by atoms with Crippen LogP contribution in [-0.2, 0) is 0 Å². The van der Waals surface area contributed by atoms with Crippen molar-refractivity contribution in [2.75, 3.05) is 0 Å². The normalized spacial score (nSPS) is 15.3. The molecule has 4 heteroatoms. The van der Waals surface area contributed by atoms with Crippen LogP contribution in [0.25, 0.3) is 0 Å². The highest BCUT2D eigenvalue weighted by atomic mass is 35.5. The number of hydrogen-bond donors (Lipinski definition) is 1. The highest BCUT2D eigenvalue weighted by molar-refractivity contribution is 6.22. The average Bonchev–Trinajstić information content (AvgIpc) is 1.80. The van der Waals surface area contributed by atoms with E-state index in [0.717, 1.165) is 6.42 Å². The van der Waals surface area contributed by atoms with E-state index < -0.39 is 11.5 Å². The van der Waals surface area contributed by atoms with E-state index in [1.807, 2.05) is 6.92 Å². The Morgan fingerprint density at radius 1 is 1.60 bits per heavy atom. The number of unbranched alkanes of at least 4 members (excludes halogenated alkanes) is 1. The number of aliphatic hydroxyl groups is 1. The predicted molar refractivity (Wildman–Crippen MR) is 36.3 cm³/mol. The van der Waals surface area contributed by atoms with Crippen molar-refractivity contribution >= 4 is 11.6 Å². The molecule has 0 unspecified atom stereocenters. The molecule has 10 heavy (non-hydrogen) atoms. The first-order valence-corrected chi connectivity index (χ1v) is 3.61. The van der Waals surface area contributed by atoms with Gasteiger partial charge < -0.3 is 5.11 Å². The van der Waals surface area contributed by atoms with Crippen molar-refractivity contribution in [1.82, 2.24) is 0 Å². The molecule has 0 aromatic carbocycles. The van der Waals surface area contributed by atoms with Crippen molar-refractivity contribution in [2.24, 2.45) is 0 Å². The summed E-state index contributed by atoms with van der Waals surface area (Å²) < 4.78 is 23.9. The van der Waals surface area contributed by atoms with Gasteiger partial charge in [0.1, 0.15) is 6.10 Å². The number of alkyl halides is 3. The maximum absolute atomic E-state index is 12.0. The molecule has 0 aliphatic heterocycles. The highest BCUT2D eigenvalue weighted by Gasteiger charge is 2.34. The second-order valence-corrected chi connectivity index (χ2v) is 2.70. The van der Waals surface area contributed by atoms with Crippen LogP contribution >= 0.6 is 11.6 Å². The van der Waals surface area contributed by atoms with Gasteiger partial charge in [-0.15, -0.1) is 0 Å². The summed E-state index contributed by atoms with van der Waals surface area (Å²) in [5.41, 5.74) is 0. The van der Waals surface area contributed by atoms with Crippen LogP contribution in [0.5, 0.6) is 0 Å². The van der Waals surface area contributed by atoms with E-state index in [9.17, 15) is 8.78 Å². The van der Waals surface area contributed by atoms with Crippen molar-refractivity contribution < 1.29 is 13.9 Å². The maximum Gasteiger partial charge on any atom is 0.347 e. The number of halogens is 3. The molecule has 0 spiro atoms. The van der Waals surface area contributed by atoms with Gasteiger partial charge >= 0.3 is 5.38 Å². The van der Waals surface area contributed by atoms with Gasteiger partial charge in [0.05, 0.1) is 0 Å². The summed E-state index contributed by atoms with van der Waals surface area (Å²) in [7, 11) is 0. The van der Waals surface area contributed by atoms with Gasteiger partial charge in [0.2, 0.25) is 0 Å². The van der Waals surface area contributed by atoms with Gasteiger partial charge in [-0.05, 0) is 18.0 Å². The molecule has 0 amide bonds. The van der Waals surface area contributed by atoms with Crippen LogP contribution in [0.4, 0.5) is 8.78 Å². The fourth-order valence-corrected chi connectivity index (χ4v) is 0.670. The fraction of sp³-hybridized carbons (Fsp3) is 1.00. The smallest absolute Gasteiger partial charge is 0.347 e. The van der Waals surface area contributed by atoms with E-state index in [2.05, 4.69) is 11.6 Å². The minimum absolute atomic E-state index is 0.0625. The van der Waals surface area contributed by atoms with Crippen molar-refractivity contribution in [3.63, 3.8) is 0 Å².